The van der Waals surface area contributed by atoms with Gasteiger partial charge in [0.2, 0.25) is 0 Å². The van der Waals surface area contributed by atoms with Crippen LogP contribution in [0.5, 0.6) is 0 Å². The van der Waals surface area contributed by atoms with E-state index in [4.69, 9.17) is 7.15 Å². The number of benzene rings is 1. The van der Waals surface area contributed by atoms with E-state index in [0.717, 1.165) is 5.69 Å². The van der Waals surface area contributed by atoms with Crippen molar-refractivity contribution in [3.05, 3.63) is 64.5 Å². The lowest BCUT2D eigenvalue weighted by Crippen LogP contribution is -2.41. The summed E-state index contributed by atoms with van der Waals surface area (Å²) in [6.07, 6.45) is 5.39. The van der Waals surface area contributed by atoms with E-state index in [2.05, 4.69) is 16.3 Å². The van der Waals surface area contributed by atoms with Crippen molar-refractivity contribution in [1.29, 1.82) is 5.40 Å². The lowest BCUT2D eigenvalue weighted by Gasteiger charge is -2.07. The van der Waals surface area contributed by atoms with Crippen LogP contribution in [-0.4, -0.2) is 22.0 Å². The highest BCUT2D eigenvalue weighted by molar-refractivity contribution is 5.73. The molecule has 1 aromatic carbocycles. The van der Waals surface area contributed by atoms with Crippen molar-refractivity contribution in [1.82, 2.24) is 15.4 Å². The van der Waals surface area contributed by atoms with Gasteiger partial charge in [0.15, 0.2) is 7.37 Å². The maximum atomic E-state index is 11.1. The zero-order valence-corrected chi connectivity index (χ0v) is 11.6. The lowest BCUT2D eigenvalue weighted by molar-refractivity contribution is -0.384. The molecule has 114 valence electrons. The molecule has 0 unspecified atom stereocenters. The van der Waals surface area contributed by atoms with Crippen LogP contribution in [0.15, 0.2) is 48.7 Å². The van der Waals surface area contributed by atoms with Crippen LogP contribution < -0.4 is 16.6 Å². The Hall–Kier alpha value is -3.13. The van der Waals surface area contributed by atoms with Crippen molar-refractivity contribution < 1.29 is 6.34 Å². The van der Waals surface area contributed by atoms with Gasteiger partial charge in [-0.25, -0.2) is 5.43 Å². The summed E-state index contributed by atoms with van der Waals surface area (Å²) in [6.45, 7) is 0.429. The third-order valence-electron chi connectivity index (χ3n) is 2.84. The molecule has 0 aliphatic heterocycles. The summed E-state index contributed by atoms with van der Waals surface area (Å²) in [5.74, 6) is -0.0401. The van der Waals surface area contributed by atoms with Gasteiger partial charge in [0, 0.05) is 24.5 Å². The first-order valence-corrected chi connectivity index (χ1v) is 6.47. The summed E-state index contributed by atoms with van der Waals surface area (Å²) < 4.78 is 8.40. The van der Waals surface area contributed by atoms with Gasteiger partial charge >= 0.3 is 0 Å². The zero-order chi connectivity index (χ0) is 16.7. The van der Waals surface area contributed by atoms with Gasteiger partial charge in [-0.2, -0.15) is 0 Å². The third kappa shape index (κ3) is 3.70. The number of hydrazine groups is 1. The molecule has 1 heterocycles. The highest BCUT2D eigenvalue weighted by Crippen LogP contribution is 2.24. The van der Waals surface area contributed by atoms with E-state index in [0.29, 0.717) is 12.2 Å². The van der Waals surface area contributed by atoms with Crippen LogP contribution >= 0.6 is 0 Å². The molecule has 0 saturated carbocycles. The standard InChI is InChI=1S/C14H16N6O2/c15-14(16)18-17-9-3-5-11-6-4-10-19(11)12-7-1-2-8-13(12)20(21)22/h1-8,10,17H,9H2,(H4,15,16,18). The van der Waals surface area contributed by atoms with E-state index in [1.807, 2.05) is 24.3 Å². The van der Waals surface area contributed by atoms with Crippen molar-refractivity contribution in [3.63, 3.8) is 0 Å². The predicted octanol–water partition coefficient (Wildman–Crippen LogP) is 1.39. The largest absolute Gasteiger partial charge is 0.369 e. The summed E-state index contributed by atoms with van der Waals surface area (Å²) in [5, 5.41) is 14.1. The zero-order valence-electron chi connectivity index (χ0n) is 12.6. The Morgan fingerprint density at radius 3 is 3.05 bits per heavy atom. The first-order chi connectivity index (χ1) is 11.1. The monoisotopic (exact) mass is 300 g/mol. The van der Waals surface area contributed by atoms with Gasteiger partial charge in [0.25, 0.3) is 5.69 Å². The molecule has 0 aliphatic carbocycles. The molecule has 0 fully saturated rings. The summed E-state index contributed by atoms with van der Waals surface area (Å²) in [7, 11) is 0. The third-order valence-corrected chi connectivity index (χ3v) is 2.84. The van der Waals surface area contributed by atoms with Gasteiger partial charge < -0.3 is 10.3 Å². The molecule has 0 bridgehead atoms. The number of nitro benzene ring substituents is 1. The molecule has 0 amide bonds. The molecule has 0 atom stereocenters. The number of nitrogens with two attached hydrogens (primary N) is 1. The van der Waals surface area contributed by atoms with E-state index < -0.39 is 4.92 Å². The number of nitrogens with zero attached hydrogens (tertiary/aromatic N) is 2. The summed E-state index contributed by atoms with van der Waals surface area (Å²) >= 11 is 0. The summed E-state index contributed by atoms with van der Waals surface area (Å²) in [5.41, 5.74) is 11.9. The SMILES string of the molecule is [H]/N=C(\N)NNCC=Cc1cccn1-c1ccccc1[N+](=O)[O-]. The van der Waals surface area contributed by atoms with Gasteiger partial charge in [0.05, 0.1) is 4.92 Å². The second-order valence-corrected chi connectivity index (χ2v) is 4.34. The fourth-order valence-corrected chi connectivity index (χ4v) is 1.95. The number of nitrogens with one attached hydrogen (secondary N) is 3. The van der Waals surface area contributed by atoms with Gasteiger partial charge in [-0.3, -0.25) is 20.9 Å². The van der Waals surface area contributed by atoms with Crippen molar-refractivity contribution >= 4 is 17.7 Å². The van der Waals surface area contributed by atoms with Crippen LogP contribution in [0.1, 0.15) is 5.69 Å². The molecule has 0 radical (unpaired) electrons. The number of nitro groups is 1. The summed E-state index contributed by atoms with van der Waals surface area (Å²) in [6, 6.07) is 10.2. The van der Waals surface area contributed by atoms with Crippen LogP contribution in [0.4, 0.5) is 5.69 Å². The van der Waals surface area contributed by atoms with Gasteiger partial charge in [-0.1, -0.05) is 18.2 Å². The number of rotatable bonds is 6. The second-order valence-electron chi connectivity index (χ2n) is 4.34. The minimum atomic E-state index is -0.405. The number of hydrogen-bond donors (Lipinski definition) is 4. The van der Waals surface area contributed by atoms with Crippen LogP contribution in [-0.2, 0) is 0 Å². The molecule has 1 aromatic heterocycles. The maximum absolute atomic E-state index is 11.1. The lowest BCUT2D eigenvalue weighted by atomic mass is 10.2. The average Bonchev–Trinajstić information content (AvgIpc) is 3.02. The van der Waals surface area contributed by atoms with Gasteiger partial charge in [0.1, 0.15) is 5.69 Å². The first kappa shape index (κ1) is 13.8. The molecule has 2 aromatic rings. The molecule has 0 saturated heterocycles. The minimum absolute atomic E-state index is 0.0394. The van der Waals surface area contributed by atoms with E-state index in [1.54, 1.807) is 29.0 Å². The Bertz CT molecular complexity index is 740. The summed E-state index contributed by atoms with van der Waals surface area (Å²) in [4.78, 5) is 10.7. The maximum Gasteiger partial charge on any atom is 0.293 e. The number of hydrogen-bond acceptors (Lipinski definition) is 4. The Balaban J connectivity index is 2.13. The van der Waals surface area contributed by atoms with Crippen molar-refractivity contribution in [2.45, 2.75) is 0 Å². The van der Waals surface area contributed by atoms with E-state index in [1.165, 1.54) is 6.07 Å². The number of aromatic nitrogens is 1. The molecule has 0 spiro atoms. The molecule has 22 heavy (non-hydrogen) atoms. The highest BCUT2D eigenvalue weighted by Gasteiger charge is 2.14. The topological polar surface area (TPSA) is 122 Å². The molecule has 8 heteroatoms. The molecule has 0 aliphatic rings. The Labute approximate surface area is 128 Å². The van der Waals surface area contributed by atoms with Crippen molar-refractivity contribution in [2.75, 3.05) is 6.54 Å². The van der Waals surface area contributed by atoms with Crippen LogP contribution in [0.25, 0.3) is 11.8 Å². The normalized spacial score (nSPS) is 12.4. The fourth-order valence-electron chi connectivity index (χ4n) is 1.95. The molecule has 2 rings (SSSR count). The van der Waals surface area contributed by atoms with Crippen LogP contribution in [0, 0.1) is 15.5 Å². The minimum Gasteiger partial charge on any atom is -0.369 e. The molecule has 5 N–H and O–H groups in total. The molecular formula is C14H16N6O2. The highest BCUT2D eigenvalue weighted by atomic mass is 16.6. The van der Waals surface area contributed by atoms with Gasteiger partial charge in [-0.15, -0.1) is 0 Å². The molecular weight excluding hydrogens is 284 g/mol. The van der Waals surface area contributed by atoms with Crippen molar-refractivity contribution in [2.24, 2.45) is 5.73 Å². The smallest absolute Gasteiger partial charge is 0.293 e. The number of guanidine groups is 1. The Kier molecular flexibility index (Phi) is 4.43. The Morgan fingerprint density at radius 2 is 2.27 bits per heavy atom. The fraction of sp³-hybridized carbons (Fsp3) is 0.0714. The van der Waals surface area contributed by atoms with Crippen LogP contribution in [0.2, 0.25) is 1.41 Å². The van der Waals surface area contributed by atoms with Crippen molar-refractivity contribution in [3.8, 4) is 5.69 Å². The number of para-hydroxylation sites is 2. The van der Waals surface area contributed by atoms with Crippen LogP contribution in [0.3, 0.4) is 0 Å². The Morgan fingerprint density at radius 1 is 1.45 bits per heavy atom. The van der Waals surface area contributed by atoms with Gasteiger partial charge in [-0.05, 0) is 24.3 Å². The quantitative estimate of drug-likeness (QED) is 0.211. The average molecular weight is 300 g/mol. The predicted molar refractivity (Wildman–Crippen MR) is 84.5 cm³/mol. The molecule has 8 nitrogen and oxygen atoms in total. The van der Waals surface area contributed by atoms with E-state index in [-0.39, 0.29) is 11.6 Å². The van der Waals surface area contributed by atoms with E-state index in [9.17, 15) is 10.1 Å². The first-order valence-electron chi connectivity index (χ1n) is 6.92. The van der Waals surface area contributed by atoms with E-state index >= 15 is 0 Å². The second kappa shape index (κ2) is 7.04.